The maximum atomic E-state index is 9.83. The Morgan fingerprint density at radius 1 is 1.15 bits per heavy atom. The number of carbonyl (C=O) groups excluding carboxylic acids is 1. The lowest BCUT2D eigenvalue weighted by atomic mass is 10.0. The van der Waals surface area contributed by atoms with Crippen LogP contribution in [0, 0.1) is 12.3 Å². The zero-order chi connectivity index (χ0) is 19.2. The third-order valence-electron chi connectivity index (χ3n) is 3.57. The van der Waals surface area contributed by atoms with E-state index in [2.05, 4.69) is 28.1 Å². The lowest BCUT2D eigenvalue weighted by molar-refractivity contribution is -0.113. The van der Waals surface area contributed by atoms with E-state index in [9.17, 15) is 4.79 Å². The topological polar surface area (TPSA) is 60.7 Å². The molecule has 0 saturated heterocycles. The minimum Gasteiger partial charge on any atom is -0.303 e. The molecule has 3 heterocycles. The van der Waals surface area contributed by atoms with Crippen LogP contribution >= 0.6 is 0 Å². The molecule has 5 heteroatoms. The number of aldehydes is 1. The first-order valence-electron chi connectivity index (χ1n) is 8.72. The van der Waals surface area contributed by atoms with Crippen molar-refractivity contribution in [2.45, 2.75) is 41.0 Å². The standard InChI is InChI=1S/C16H16N4.C5H10O/c1-3-13-6-7-15(18-10-13)16-9-12(2)19-20(16)14-5-4-8-17-11-14;1-5(2,3)4-6/h4-11H,3H2,1-2H3;4H,1-3H3. The van der Waals surface area contributed by atoms with Crippen LogP contribution in [-0.4, -0.2) is 26.0 Å². The van der Waals surface area contributed by atoms with Crippen molar-refractivity contribution in [3.05, 3.63) is 60.2 Å². The zero-order valence-electron chi connectivity index (χ0n) is 16.1. The second-order valence-corrected chi connectivity index (χ2v) is 7.18. The second kappa shape index (κ2) is 8.52. The first-order valence-corrected chi connectivity index (χ1v) is 8.72. The van der Waals surface area contributed by atoms with Crippen molar-refractivity contribution in [1.82, 2.24) is 19.7 Å². The predicted octanol–water partition coefficient (Wildman–Crippen LogP) is 4.43. The van der Waals surface area contributed by atoms with Gasteiger partial charge in [0.2, 0.25) is 0 Å². The van der Waals surface area contributed by atoms with Crippen molar-refractivity contribution in [3.63, 3.8) is 0 Å². The van der Waals surface area contributed by atoms with Crippen LogP contribution in [0.2, 0.25) is 0 Å². The van der Waals surface area contributed by atoms with Crippen LogP contribution in [-0.2, 0) is 11.2 Å². The molecular formula is C21H26N4O. The first-order chi connectivity index (χ1) is 12.3. The molecule has 26 heavy (non-hydrogen) atoms. The van der Waals surface area contributed by atoms with Crippen molar-refractivity contribution in [2.24, 2.45) is 5.41 Å². The molecule has 0 amide bonds. The Kier molecular flexibility index (Phi) is 6.39. The minimum absolute atomic E-state index is 0.139. The average Bonchev–Trinajstić information content (AvgIpc) is 3.04. The van der Waals surface area contributed by atoms with E-state index in [4.69, 9.17) is 0 Å². The van der Waals surface area contributed by atoms with Crippen molar-refractivity contribution >= 4 is 6.29 Å². The smallest absolute Gasteiger partial charge is 0.125 e. The van der Waals surface area contributed by atoms with Gasteiger partial charge in [0.25, 0.3) is 0 Å². The van der Waals surface area contributed by atoms with Crippen LogP contribution in [0.5, 0.6) is 0 Å². The van der Waals surface area contributed by atoms with E-state index >= 15 is 0 Å². The molecule has 5 nitrogen and oxygen atoms in total. The number of rotatable bonds is 3. The normalized spacial score (nSPS) is 10.8. The third-order valence-corrected chi connectivity index (χ3v) is 3.57. The summed E-state index contributed by atoms with van der Waals surface area (Å²) in [4.78, 5) is 18.5. The van der Waals surface area contributed by atoms with Gasteiger partial charge in [-0.1, -0.05) is 33.8 Å². The fourth-order valence-electron chi connectivity index (χ4n) is 2.14. The summed E-state index contributed by atoms with van der Waals surface area (Å²) in [5.74, 6) is 0. The fourth-order valence-corrected chi connectivity index (χ4v) is 2.14. The highest BCUT2D eigenvalue weighted by Gasteiger charge is 2.11. The number of hydrogen-bond donors (Lipinski definition) is 0. The van der Waals surface area contributed by atoms with E-state index in [0.29, 0.717) is 0 Å². The molecule has 0 saturated carbocycles. The molecule has 0 aliphatic heterocycles. The van der Waals surface area contributed by atoms with Gasteiger partial charge < -0.3 is 4.79 Å². The van der Waals surface area contributed by atoms with Crippen molar-refractivity contribution in [3.8, 4) is 17.1 Å². The summed E-state index contributed by atoms with van der Waals surface area (Å²) < 4.78 is 1.89. The molecule has 0 N–H and O–H groups in total. The molecule has 0 aromatic carbocycles. The summed E-state index contributed by atoms with van der Waals surface area (Å²) in [5.41, 5.74) is 4.91. The van der Waals surface area contributed by atoms with Gasteiger partial charge in [0.1, 0.15) is 6.29 Å². The molecule has 136 valence electrons. The monoisotopic (exact) mass is 350 g/mol. The molecule has 0 fully saturated rings. The molecule has 0 aliphatic carbocycles. The second-order valence-electron chi connectivity index (χ2n) is 7.18. The van der Waals surface area contributed by atoms with Crippen molar-refractivity contribution in [1.29, 1.82) is 0 Å². The van der Waals surface area contributed by atoms with Gasteiger partial charge in [0.05, 0.1) is 29.0 Å². The van der Waals surface area contributed by atoms with Crippen LogP contribution in [0.1, 0.15) is 39.0 Å². The average molecular weight is 350 g/mol. The van der Waals surface area contributed by atoms with Crippen LogP contribution in [0.4, 0.5) is 0 Å². The van der Waals surface area contributed by atoms with Gasteiger partial charge in [-0.05, 0) is 43.2 Å². The first kappa shape index (κ1) is 19.5. The largest absolute Gasteiger partial charge is 0.303 e. The lowest BCUT2D eigenvalue weighted by Gasteiger charge is -2.06. The Hall–Kier alpha value is -2.82. The van der Waals surface area contributed by atoms with Crippen molar-refractivity contribution in [2.75, 3.05) is 0 Å². The maximum absolute atomic E-state index is 9.83. The molecule has 0 unspecified atom stereocenters. The molecular weight excluding hydrogens is 324 g/mol. The Morgan fingerprint density at radius 2 is 1.88 bits per heavy atom. The number of nitrogens with zero attached hydrogens (tertiary/aromatic N) is 4. The summed E-state index contributed by atoms with van der Waals surface area (Å²) in [5, 5.41) is 4.54. The van der Waals surface area contributed by atoms with E-state index in [1.54, 1.807) is 12.4 Å². The summed E-state index contributed by atoms with van der Waals surface area (Å²) in [7, 11) is 0. The highest BCUT2D eigenvalue weighted by atomic mass is 16.1. The van der Waals surface area contributed by atoms with Crippen LogP contribution in [0.15, 0.2) is 48.9 Å². The molecule has 3 rings (SSSR count). The number of carbonyl (C=O) groups is 1. The predicted molar refractivity (Wildman–Crippen MR) is 104 cm³/mol. The maximum Gasteiger partial charge on any atom is 0.125 e. The highest BCUT2D eigenvalue weighted by molar-refractivity contribution is 5.58. The van der Waals surface area contributed by atoms with Gasteiger partial charge in [-0.2, -0.15) is 5.10 Å². The fraction of sp³-hybridized carbons (Fsp3) is 0.333. The van der Waals surface area contributed by atoms with Gasteiger partial charge in [0.15, 0.2) is 0 Å². The SMILES string of the molecule is CC(C)(C)C=O.CCc1ccc(-c2cc(C)nn2-c2cccnc2)nc1. The number of pyridine rings is 2. The highest BCUT2D eigenvalue weighted by Crippen LogP contribution is 2.22. The van der Waals surface area contributed by atoms with E-state index in [1.165, 1.54) is 5.56 Å². The molecule has 0 spiro atoms. The van der Waals surface area contributed by atoms with Gasteiger partial charge in [0, 0.05) is 17.8 Å². The summed E-state index contributed by atoms with van der Waals surface area (Å²) in [6, 6.07) is 10.1. The Morgan fingerprint density at radius 3 is 2.38 bits per heavy atom. The Balaban J connectivity index is 0.000000352. The van der Waals surface area contributed by atoms with Gasteiger partial charge in [-0.15, -0.1) is 0 Å². The molecule has 0 aliphatic rings. The van der Waals surface area contributed by atoms with E-state index < -0.39 is 0 Å². The molecule has 0 radical (unpaired) electrons. The number of aryl methyl sites for hydroxylation is 2. The van der Waals surface area contributed by atoms with Gasteiger partial charge >= 0.3 is 0 Å². The molecule has 0 bridgehead atoms. The van der Waals surface area contributed by atoms with Gasteiger partial charge in [-0.25, -0.2) is 4.68 Å². The lowest BCUT2D eigenvalue weighted by Crippen LogP contribution is -2.04. The van der Waals surface area contributed by atoms with Crippen LogP contribution in [0.3, 0.4) is 0 Å². The zero-order valence-corrected chi connectivity index (χ0v) is 16.1. The van der Waals surface area contributed by atoms with Crippen LogP contribution < -0.4 is 0 Å². The quantitative estimate of drug-likeness (QED) is 0.656. The van der Waals surface area contributed by atoms with Crippen molar-refractivity contribution < 1.29 is 4.79 Å². The summed E-state index contributed by atoms with van der Waals surface area (Å²) in [6.45, 7) is 9.73. The van der Waals surface area contributed by atoms with Gasteiger partial charge in [-0.3, -0.25) is 9.97 Å². The Bertz CT molecular complexity index is 831. The molecule has 3 aromatic rings. The summed E-state index contributed by atoms with van der Waals surface area (Å²) in [6.07, 6.45) is 7.41. The third kappa shape index (κ3) is 5.34. The summed E-state index contributed by atoms with van der Waals surface area (Å²) >= 11 is 0. The molecule has 0 atom stereocenters. The molecule has 3 aromatic heterocycles. The minimum atomic E-state index is -0.139. The van der Waals surface area contributed by atoms with E-state index in [0.717, 1.165) is 35.5 Å². The van der Waals surface area contributed by atoms with E-state index in [1.807, 2.05) is 62.8 Å². The van der Waals surface area contributed by atoms with Crippen LogP contribution in [0.25, 0.3) is 17.1 Å². The number of hydrogen-bond acceptors (Lipinski definition) is 4. The van der Waals surface area contributed by atoms with E-state index in [-0.39, 0.29) is 5.41 Å². The Labute approximate surface area is 155 Å². The number of aromatic nitrogens is 4.